The summed E-state index contributed by atoms with van der Waals surface area (Å²) in [6.07, 6.45) is 10.9. The molecule has 0 bridgehead atoms. The average Bonchev–Trinajstić information content (AvgIpc) is 2.57. The first-order valence-corrected chi connectivity index (χ1v) is 5.02. The maximum absolute atomic E-state index is 4.03. The van der Waals surface area contributed by atoms with Crippen LogP contribution in [0.4, 0.5) is 0 Å². The zero-order valence-electron chi connectivity index (χ0n) is 8.50. The molecule has 1 fully saturated rings. The smallest absolute Gasteiger partial charge is 0.0227 e. The molecule has 0 aromatic heterocycles. The van der Waals surface area contributed by atoms with Gasteiger partial charge in [0.2, 0.25) is 0 Å². The van der Waals surface area contributed by atoms with Crippen LogP contribution >= 0.6 is 0 Å². The van der Waals surface area contributed by atoms with Crippen molar-refractivity contribution in [2.45, 2.75) is 19.8 Å². The lowest BCUT2D eigenvalue weighted by Gasteiger charge is -2.13. The molecule has 0 aliphatic carbocycles. The molecule has 1 nitrogen and oxygen atoms in total. The minimum absolute atomic E-state index is 1.04. The van der Waals surface area contributed by atoms with Crippen LogP contribution in [0.5, 0.6) is 0 Å². The highest BCUT2D eigenvalue weighted by Crippen LogP contribution is 2.09. The molecule has 1 aliphatic heterocycles. The Morgan fingerprint density at radius 2 is 2.00 bits per heavy atom. The van der Waals surface area contributed by atoms with Gasteiger partial charge in [0.15, 0.2) is 0 Å². The van der Waals surface area contributed by atoms with Crippen LogP contribution in [-0.4, -0.2) is 24.5 Å². The van der Waals surface area contributed by atoms with Gasteiger partial charge in [0, 0.05) is 6.54 Å². The second-order valence-corrected chi connectivity index (χ2v) is 3.53. The number of hydrogen-bond acceptors (Lipinski definition) is 1. The van der Waals surface area contributed by atoms with Crippen LogP contribution < -0.4 is 0 Å². The number of allylic oxidation sites excluding steroid dienone is 3. The van der Waals surface area contributed by atoms with Gasteiger partial charge in [0.1, 0.15) is 0 Å². The van der Waals surface area contributed by atoms with Crippen LogP contribution in [0, 0.1) is 0 Å². The Morgan fingerprint density at radius 1 is 1.31 bits per heavy atom. The lowest BCUT2D eigenvalue weighted by Crippen LogP contribution is -2.20. The van der Waals surface area contributed by atoms with Gasteiger partial charge in [0.05, 0.1) is 0 Å². The fourth-order valence-corrected chi connectivity index (χ4v) is 1.58. The molecule has 1 rings (SSSR count). The maximum atomic E-state index is 4.03. The molecule has 1 heterocycles. The second kappa shape index (κ2) is 5.76. The Labute approximate surface area is 81.4 Å². The van der Waals surface area contributed by atoms with Crippen molar-refractivity contribution < 1.29 is 0 Å². The minimum Gasteiger partial charge on any atom is -0.299 e. The predicted molar refractivity (Wildman–Crippen MR) is 58.8 cm³/mol. The zero-order valence-corrected chi connectivity index (χ0v) is 8.50. The summed E-state index contributed by atoms with van der Waals surface area (Å²) in [6, 6.07) is 0. The molecule has 0 aromatic carbocycles. The van der Waals surface area contributed by atoms with Gasteiger partial charge in [0.25, 0.3) is 0 Å². The topological polar surface area (TPSA) is 3.24 Å². The molecule has 1 aliphatic rings. The highest BCUT2D eigenvalue weighted by atomic mass is 15.1. The van der Waals surface area contributed by atoms with E-state index in [0.717, 1.165) is 6.54 Å². The third-order valence-corrected chi connectivity index (χ3v) is 2.26. The molecule has 0 saturated carbocycles. The number of rotatable bonds is 4. The normalized spacial score (nSPS) is 19.2. The first-order valence-electron chi connectivity index (χ1n) is 5.02. The standard InChI is InChI=1S/C12H19N/c1-3-4-5-8-12(2)11-13-9-6-7-10-13/h3-5,8H,2,6-7,9-11H2,1H3/b4-3-,8-5-. The predicted octanol–water partition coefficient (Wildman–Crippen LogP) is 2.77. The number of hydrogen-bond donors (Lipinski definition) is 0. The van der Waals surface area contributed by atoms with E-state index in [1.807, 2.05) is 19.1 Å². The van der Waals surface area contributed by atoms with Crippen molar-refractivity contribution in [1.29, 1.82) is 0 Å². The van der Waals surface area contributed by atoms with Gasteiger partial charge >= 0.3 is 0 Å². The van der Waals surface area contributed by atoms with E-state index in [1.165, 1.54) is 31.5 Å². The van der Waals surface area contributed by atoms with Crippen molar-refractivity contribution in [3.05, 3.63) is 36.5 Å². The molecule has 72 valence electrons. The average molecular weight is 177 g/mol. The SMILES string of the molecule is C=C(/C=C\C=C/C)CN1CCCC1. The third-order valence-electron chi connectivity index (χ3n) is 2.26. The molecule has 0 radical (unpaired) electrons. The van der Waals surface area contributed by atoms with Crippen molar-refractivity contribution in [1.82, 2.24) is 4.90 Å². The molecule has 0 aromatic rings. The van der Waals surface area contributed by atoms with E-state index in [-0.39, 0.29) is 0 Å². The summed E-state index contributed by atoms with van der Waals surface area (Å²) in [6.45, 7) is 9.58. The van der Waals surface area contributed by atoms with E-state index >= 15 is 0 Å². The molecular weight excluding hydrogens is 158 g/mol. The molecule has 13 heavy (non-hydrogen) atoms. The van der Waals surface area contributed by atoms with E-state index in [1.54, 1.807) is 0 Å². The Balaban J connectivity index is 2.23. The number of likely N-dealkylation sites (tertiary alicyclic amines) is 1. The summed E-state index contributed by atoms with van der Waals surface area (Å²) in [7, 11) is 0. The van der Waals surface area contributed by atoms with Crippen molar-refractivity contribution in [3.8, 4) is 0 Å². The fourth-order valence-electron chi connectivity index (χ4n) is 1.58. The van der Waals surface area contributed by atoms with Gasteiger partial charge < -0.3 is 0 Å². The minimum atomic E-state index is 1.04. The van der Waals surface area contributed by atoms with Gasteiger partial charge in [-0.15, -0.1) is 0 Å². The quantitative estimate of drug-likeness (QED) is 0.597. The number of nitrogens with zero attached hydrogens (tertiary/aromatic N) is 1. The van der Waals surface area contributed by atoms with Gasteiger partial charge in [-0.2, -0.15) is 0 Å². The van der Waals surface area contributed by atoms with Gasteiger partial charge in [-0.25, -0.2) is 0 Å². The Morgan fingerprint density at radius 3 is 2.62 bits per heavy atom. The van der Waals surface area contributed by atoms with Crippen molar-refractivity contribution in [2.75, 3.05) is 19.6 Å². The molecule has 0 atom stereocenters. The first kappa shape index (κ1) is 10.3. The van der Waals surface area contributed by atoms with Crippen LogP contribution in [0.3, 0.4) is 0 Å². The summed E-state index contributed by atoms with van der Waals surface area (Å²) in [5, 5.41) is 0. The largest absolute Gasteiger partial charge is 0.299 e. The fraction of sp³-hybridized carbons (Fsp3) is 0.500. The highest BCUT2D eigenvalue weighted by molar-refractivity contribution is 5.20. The first-order chi connectivity index (χ1) is 6.33. The van der Waals surface area contributed by atoms with Gasteiger partial charge in [-0.3, -0.25) is 4.90 Å². The summed E-state index contributed by atoms with van der Waals surface area (Å²) in [4.78, 5) is 2.46. The van der Waals surface area contributed by atoms with E-state index in [2.05, 4.69) is 23.6 Å². The molecule has 0 spiro atoms. The summed E-state index contributed by atoms with van der Waals surface area (Å²) < 4.78 is 0. The summed E-state index contributed by atoms with van der Waals surface area (Å²) in [5.74, 6) is 0. The van der Waals surface area contributed by atoms with Crippen LogP contribution in [0.15, 0.2) is 36.5 Å². The second-order valence-electron chi connectivity index (χ2n) is 3.53. The van der Waals surface area contributed by atoms with E-state index in [4.69, 9.17) is 0 Å². The molecule has 1 heteroatoms. The monoisotopic (exact) mass is 177 g/mol. The van der Waals surface area contributed by atoms with E-state index in [9.17, 15) is 0 Å². The zero-order chi connectivity index (χ0) is 9.52. The molecule has 0 N–H and O–H groups in total. The lowest BCUT2D eigenvalue weighted by atomic mass is 10.2. The van der Waals surface area contributed by atoms with Crippen LogP contribution in [0.25, 0.3) is 0 Å². The highest BCUT2D eigenvalue weighted by Gasteiger charge is 2.10. The molecule has 0 unspecified atom stereocenters. The van der Waals surface area contributed by atoms with E-state index < -0.39 is 0 Å². The summed E-state index contributed by atoms with van der Waals surface area (Å²) >= 11 is 0. The van der Waals surface area contributed by atoms with Crippen molar-refractivity contribution >= 4 is 0 Å². The van der Waals surface area contributed by atoms with Crippen LogP contribution in [0.2, 0.25) is 0 Å². The van der Waals surface area contributed by atoms with Crippen molar-refractivity contribution in [3.63, 3.8) is 0 Å². The van der Waals surface area contributed by atoms with Crippen LogP contribution in [0.1, 0.15) is 19.8 Å². The Bertz CT molecular complexity index is 207. The third kappa shape index (κ3) is 4.09. The Hall–Kier alpha value is -0.820. The van der Waals surface area contributed by atoms with Crippen LogP contribution in [-0.2, 0) is 0 Å². The van der Waals surface area contributed by atoms with Gasteiger partial charge in [-0.05, 0) is 38.4 Å². The molecular formula is C12H19N. The molecule has 1 saturated heterocycles. The van der Waals surface area contributed by atoms with Gasteiger partial charge in [-0.1, -0.05) is 30.9 Å². The lowest BCUT2D eigenvalue weighted by molar-refractivity contribution is 0.372. The summed E-state index contributed by atoms with van der Waals surface area (Å²) in [5.41, 5.74) is 1.21. The molecule has 0 amide bonds. The Kier molecular flexibility index (Phi) is 4.55. The maximum Gasteiger partial charge on any atom is 0.0227 e. The van der Waals surface area contributed by atoms with E-state index in [0.29, 0.717) is 0 Å². The van der Waals surface area contributed by atoms with Crippen molar-refractivity contribution in [2.24, 2.45) is 0 Å².